The maximum absolute atomic E-state index is 12.0. The Morgan fingerprint density at radius 3 is 2.55 bits per heavy atom. The van der Waals surface area contributed by atoms with Crippen LogP contribution in [0.1, 0.15) is 16.8 Å². The first-order chi connectivity index (χ1) is 10.4. The van der Waals surface area contributed by atoms with Crippen LogP contribution >= 0.6 is 0 Å². The molecule has 2 aliphatic heterocycles. The number of sulfone groups is 1. The van der Waals surface area contributed by atoms with Crippen molar-refractivity contribution in [1.82, 2.24) is 5.32 Å². The molecule has 0 bridgehead atoms. The van der Waals surface area contributed by atoms with Crippen LogP contribution in [0.2, 0.25) is 0 Å². The van der Waals surface area contributed by atoms with E-state index in [2.05, 4.69) is 5.32 Å². The van der Waals surface area contributed by atoms with Gasteiger partial charge in [0.2, 0.25) is 0 Å². The number of nitrogens with one attached hydrogen (secondary N) is 1. The molecule has 0 saturated carbocycles. The zero-order chi connectivity index (χ0) is 15.7. The summed E-state index contributed by atoms with van der Waals surface area (Å²) in [6.45, 7) is 1.18. The summed E-state index contributed by atoms with van der Waals surface area (Å²) in [5, 5.41) is 2.70. The highest BCUT2D eigenvalue weighted by molar-refractivity contribution is 7.91. The molecule has 118 valence electrons. The molecule has 3 rings (SSSR count). The summed E-state index contributed by atoms with van der Waals surface area (Å²) in [7, 11) is -3.08. The average molecular weight is 324 g/mol. The summed E-state index contributed by atoms with van der Waals surface area (Å²) in [4.78, 5) is 25.1. The number of hydrogen-bond donors (Lipinski definition) is 1. The minimum absolute atomic E-state index is 0.0634. The van der Waals surface area contributed by atoms with Crippen LogP contribution in [-0.2, 0) is 14.6 Å². The van der Waals surface area contributed by atoms with E-state index in [4.69, 9.17) is 4.74 Å². The highest BCUT2D eigenvalue weighted by atomic mass is 32.2. The third-order valence-electron chi connectivity index (χ3n) is 3.74. The second kappa shape index (κ2) is 5.60. The number of esters is 1. The van der Waals surface area contributed by atoms with Gasteiger partial charge in [0, 0.05) is 18.8 Å². The second-order valence-electron chi connectivity index (χ2n) is 5.36. The quantitative estimate of drug-likeness (QED) is 0.820. The van der Waals surface area contributed by atoms with Crippen molar-refractivity contribution >= 4 is 27.5 Å². The zero-order valence-electron chi connectivity index (χ0n) is 11.8. The maximum Gasteiger partial charge on any atom is 0.338 e. The van der Waals surface area contributed by atoms with E-state index >= 15 is 0 Å². The standard InChI is InChI=1S/C14H16N2O5S/c17-13(21-12-5-8-22(19,20)9-12)10-1-3-11(4-2-10)16-7-6-15-14(16)18/h1-4,12H,5-9H2,(H,15,18)/t12-/m1/s1. The van der Waals surface area contributed by atoms with Crippen LogP contribution in [0.15, 0.2) is 24.3 Å². The maximum atomic E-state index is 12.0. The predicted octanol–water partition coefficient (Wildman–Crippen LogP) is 0.560. The molecule has 2 aliphatic rings. The fourth-order valence-corrected chi connectivity index (χ4v) is 4.16. The van der Waals surface area contributed by atoms with E-state index < -0.39 is 21.9 Å². The Kier molecular flexibility index (Phi) is 3.78. The number of carbonyl (C=O) groups excluding carboxylic acids is 2. The van der Waals surface area contributed by atoms with Crippen molar-refractivity contribution in [2.24, 2.45) is 0 Å². The van der Waals surface area contributed by atoms with Crippen molar-refractivity contribution in [2.45, 2.75) is 12.5 Å². The number of rotatable bonds is 3. The lowest BCUT2D eigenvalue weighted by atomic mass is 10.2. The molecule has 2 fully saturated rings. The van der Waals surface area contributed by atoms with E-state index in [-0.39, 0.29) is 17.5 Å². The molecular weight excluding hydrogens is 308 g/mol. The van der Waals surface area contributed by atoms with Gasteiger partial charge in [-0.05, 0) is 30.7 Å². The first-order valence-corrected chi connectivity index (χ1v) is 8.83. The summed E-state index contributed by atoms with van der Waals surface area (Å²) >= 11 is 0. The number of anilines is 1. The highest BCUT2D eigenvalue weighted by Crippen LogP contribution is 2.20. The van der Waals surface area contributed by atoms with Crippen LogP contribution in [0.4, 0.5) is 10.5 Å². The summed E-state index contributed by atoms with van der Waals surface area (Å²) in [6, 6.07) is 6.34. The van der Waals surface area contributed by atoms with Crippen molar-refractivity contribution in [3.8, 4) is 0 Å². The van der Waals surface area contributed by atoms with Crippen molar-refractivity contribution in [3.05, 3.63) is 29.8 Å². The van der Waals surface area contributed by atoms with Gasteiger partial charge < -0.3 is 10.1 Å². The topological polar surface area (TPSA) is 92.8 Å². The lowest BCUT2D eigenvalue weighted by molar-refractivity contribution is 0.0356. The largest absolute Gasteiger partial charge is 0.458 e. The Morgan fingerprint density at radius 1 is 1.27 bits per heavy atom. The van der Waals surface area contributed by atoms with Crippen LogP contribution in [0.5, 0.6) is 0 Å². The fourth-order valence-electron chi connectivity index (χ4n) is 2.57. The number of nitrogens with zero attached hydrogens (tertiary/aromatic N) is 1. The van der Waals surface area contributed by atoms with Gasteiger partial charge >= 0.3 is 12.0 Å². The molecule has 1 N–H and O–H groups in total. The molecule has 2 heterocycles. The lowest BCUT2D eigenvalue weighted by Gasteiger charge is -2.15. The molecule has 8 heteroatoms. The van der Waals surface area contributed by atoms with Crippen LogP contribution in [0, 0.1) is 0 Å². The fraction of sp³-hybridized carbons (Fsp3) is 0.429. The van der Waals surface area contributed by atoms with E-state index in [1.165, 1.54) is 0 Å². The number of carbonyl (C=O) groups is 2. The van der Waals surface area contributed by atoms with Gasteiger partial charge in [-0.1, -0.05) is 0 Å². The van der Waals surface area contributed by atoms with E-state index in [9.17, 15) is 18.0 Å². The molecule has 0 unspecified atom stereocenters. The van der Waals surface area contributed by atoms with E-state index in [0.29, 0.717) is 30.8 Å². The molecule has 0 aliphatic carbocycles. The van der Waals surface area contributed by atoms with Gasteiger partial charge in [0.15, 0.2) is 9.84 Å². The molecule has 2 saturated heterocycles. The molecule has 2 amide bonds. The highest BCUT2D eigenvalue weighted by Gasteiger charge is 2.31. The Labute approximate surface area is 128 Å². The lowest BCUT2D eigenvalue weighted by Crippen LogP contribution is -2.27. The monoisotopic (exact) mass is 324 g/mol. The SMILES string of the molecule is O=C(O[C@@H]1CCS(=O)(=O)C1)c1ccc(N2CCNC2=O)cc1. The van der Waals surface area contributed by atoms with Crippen molar-refractivity contribution in [2.75, 3.05) is 29.5 Å². The number of hydrogen-bond acceptors (Lipinski definition) is 5. The van der Waals surface area contributed by atoms with Crippen LogP contribution in [0.3, 0.4) is 0 Å². The Morgan fingerprint density at radius 2 is 2.00 bits per heavy atom. The number of urea groups is 1. The third kappa shape index (κ3) is 3.06. The average Bonchev–Trinajstić information content (AvgIpc) is 3.04. The first kappa shape index (κ1) is 14.8. The molecule has 0 radical (unpaired) electrons. The van der Waals surface area contributed by atoms with Gasteiger partial charge in [-0.25, -0.2) is 18.0 Å². The molecule has 0 aromatic heterocycles. The van der Waals surface area contributed by atoms with Crippen molar-refractivity contribution in [1.29, 1.82) is 0 Å². The van der Waals surface area contributed by atoms with Crippen LogP contribution in [0.25, 0.3) is 0 Å². The van der Waals surface area contributed by atoms with Crippen molar-refractivity contribution < 1.29 is 22.7 Å². The van der Waals surface area contributed by atoms with E-state index in [1.807, 2.05) is 0 Å². The third-order valence-corrected chi connectivity index (χ3v) is 5.47. The van der Waals surface area contributed by atoms with E-state index in [1.54, 1.807) is 29.2 Å². The summed E-state index contributed by atoms with van der Waals surface area (Å²) < 4.78 is 27.9. The normalized spacial score (nSPS) is 23.4. The Bertz CT molecular complexity index is 698. The minimum Gasteiger partial charge on any atom is -0.458 e. The molecule has 22 heavy (non-hydrogen) atoms. The number of ether oxygens (including phenoxy) is 1. The Hall–Kier alpha value is -2.09. The van der Waals surface area contributed by atoms with Crippen LogP contribution in [-0.4, -0.2) is 51.1 Å². The molecule has 1 aromatic rings. The summed E-state index contributed by atoms with van der Waals surface area (Å²) in [5.41, 5.74) is 1.04. The van der Waals surface area contributed by atoms with Gasteiger partial charge in [0.1, 0.15) is 6.10 Å². The number of amides is 2. The molecule has 7 nitrogen and oxygen atoms in total. The first-order valence-electron chi connectivity index (χ1n) is 7.01. The van der Waals surface area contributed by atoms with Gasteiger partial charge in [-0.2, -0.15) is 0 Å². The predicted molar refractivity (Wildman–Crippen MR) is 79.7 cm³/mol. The number of benzene rings is 1. The molecular formula is C14H16N2O5S. The van der Waals surface area contributed by atoms with Gasteiger partial charge in [-0.3, -0.25) is 4.90 Å². The zero-order valence-corrected chi connectivity index (χ0v) is 12.6. The second-order valence-corrected chi connectivity index (χ2v) is 7.59. The summed E-state index contributed by atoms with van der Waals surface area (Å²) in [6.07, 6.45) is -0.221. The molecule has 0 spiro atoms. The van der Waals surface area contributed by atoms with E-state index in [0.717, 1.165) is 0 Å². The smallest absolute Gasteiger partial charge is 0.338 e. The van der Waals surface area contributed by atoms with Gasteiger partial charge in [-0.15, -0.1) is 0 Å². The Balaban J connectivity index is 1.65. The van der Waals surface area contributed by atoms with Crippen molar-refractivity contribution in [3.63, 3.8) is 0 Å². The van der Waals surface area contributed by atoms with Gasteiger partial charge in [0.25, 0.3) is 0 Å². The van der Waals surface area contributed by atoms with Crippen LogP contribution < -0.4 is 10.2 Å². The van der Waals surface area contributed by atoms with Gasteiger partial charge in [0.05, 0.1) is 17.1 Å². The minimum atomic E-state index is -3.08. The molecule has 1 aromatic carbocycles. The summed E-state index contributed by atoms with van der Waals surface area (Å²) in [5.74, 6) is -0.585. The molecule has 1 atom stereocenters.